The lowest BCUT2D eigenvalue weighted by Crippen LogP contribution is -1.89. The number of furan rings is 1. The maximum atomic E-state index is 6.46. The topological polar surface area (TPSA) is 30.4 Å². The molecule has 0 amide bonds. The zero-order valence-corrected chi connectivity index (χ0v) is 20.5. The fraction of sp³-hybridized carbons (Fsp3) is 0. The molecule has 3 nitrogen and oxygen atoms in total. The standard InChI is InChI=1S/C35H22N2O/c1-2-10-25(11-3-1)34-33(36-31-16-8-9-21-37(31)34)24-19-17-23(18-20-24)32-27-13-5-4-12-26(27)22-29-28-14-6-7-15-30(28)38-35(29)32/h1-22H. The highest BCUT2D eigenvalue weighted by atomic mass is 16.3. The zero-order chi connectivity index (χ0) is 25.1. The van der Waals surface area contributed by atoms with Gasteiger partial charge in [-0.15, -0.1) is 0 Å². The number of hydrogen-bond donors (Lipinski definition) is 0. The lowest BCUT2D eigenvalue weighted by molar-refractivity contribution is 0.670. The Kier molecular flexibility index (Phi) is 4.52. The molecule has 0 unspecified atom stereocenters. The lowest BCUT2D eigenvalue weighted by atomic mass is 9.94. The molecular weight excluding hydrogens is 464 g/mol. The molecule has 0 aliphatic heterocycles. The number of rotatable bonds is 3. The van der Waals surface area contributed by atoms with Gasteiger partial charge >= 0.3 is 0 Å². The van der Waals surface area contributed by atoms with Crippen LogP contribution in [0.4, 0.5) is 0 Å². The first-order chi connectivity index (χ1) is 18.8. The maximum absolute atomic E-state index is 6.46. The van der Waals surface area contributed by atoms with E-state index < -0.39 is 0 Å². The fourth-order valence-electron chi connectivity index (χ4n) is 5.67. The summed E-state index contributed by atoms with van der Waals surface area (Å²) in [5.41, 5.74) is 9.31. The fourth-order valence-corrected chi connectivity index (χ4v) is 5.67. The van der Waals surface area contributed by atoms with Gasteiger partial charge < -0.3 is 4.42 Å². The van der Waals surface area contributed by atoms with E-state index >= 15 is 0 Å². The summed E-state index contributed by atoms with van der Waals surface area (Å²) in [6.45, 7) is 0. The molecule has 5 aromatic carbocycles. The molecule has 0 aliphatic carbocycles. The first kappa shape index (κ1) is 21.0. The van der Waals surface area contributed by atoms with Gasteiger partial charge in [0.05, 0.1) is 11.4 Å². The summed E-state index contributed by atoms with van der Waals surface area (Å²) in [5, 5.41) is 4.68. The van der Waals surface area contributed by atoms with Crippen molar-refractivity contribution in [3.8, 4) is 33.6 Å². The number of aromatic nitrogens is 2. The van der Waals surface area contributed by atoms with Gasteiger partial charge in [-0.2, -0.15) is 0 Å². The number of hydrogen-bond acceptors (Lipinski definition) is 2. The van der Waals surface area contributed by atoms with Crippen LogP contribution in [0.5, 0.6) is 0 Å². The highest BCUT2D eigenvalue weighted by molar-refractivity contribution is 6.18. The molecule has 8 aromatic rings. The van der Waals surface area contributed by atoms with Gasteiger partial charge in [0.2, 0.25) is 0 Å². The van der Waals surface area contributed by atoms with Crippen molar-refractivity contribution in [3.63, 3.8) is 0 Å². The van der Waals surface area contributed by atoms with Gasteiger partial charge in [-0.3, -0.25) is 4.40 Å². The number of pyridine rings is 1. The van der Waals surface area contributed by atoms with Gasteiger partial charge in [0.25, 0.3) is 0 Å². The van der Waals surface area contributed by atoms with E-state index in [-0.39, 0.29) is 0 Å². The molecule has 3 heteroatoms. The quantitative estimate of drug-likeness (QED) is 0.249. The van der Waals surface area contributed by atoms with Crippen LogP contribution in [0.2, 0.25) is 0 Å². The second-order valence-corrected chi connectivity index (χ2v) is 9.63. The van der Waals surface area contributed by atoms with E-state index in [0.29, 0.717) is 0 Å². The highest BCUT2D eigenvalue weighted by Crippen LogP contribution is 2.42. The number of benzene rings is 5. The molecule has 3 aromatic heterocycles. The van der Waals surface area contributed by atoms with Crippen molar-refractivity contribution in [2.75, 3.05) is 0 Å². The first-order valence-electron chi connectivity index (χ1n) is 12.8. The van der Waals surface area contributed by atoms with Crippen LogP contribution < -0.4 is 0 Å². The molecule has 0 spiro atoms. The summed E-state index contributed by atoms with van der Waals surface area (Å²) in [6.07, 6.45) is 2.08. The van der Waals surface area contributed by atoms with Crippen LogP contribution in [-0.2, 0) is 0 Å². The first-order valence-corrected chi connectivity index (χ1v) is 12.8. The predicted octanol–water partition coefficient (Wildman–Crippen LogP) is 9.39. The van der Waals surface area contributed by atoms with Crippen molar-refractivity contribution >= 4 is 38.4 Å². The lowest BCUT2D eigenvalue weighted by Gasteiger charge is -2.10. The van der Waals surface area contributed by atoms with Crippen LogP contribution in [0, 0.1) is 0 Å². The van der Waals surface area contributed by atoms with Crippen LogP contribution in [0.25, 0.3) is 72.0 Å². The average molecular weight is 487 g/mol. The molecule has 8 rings (SSSR count). The Morgan fingerprint density at radius 3 is 2.13 bits per heavy atom. The predicted molar refractivity (Wildman–Crippen MR) is 156 cm³/mol. The van der Waals surface area contributed by atoms with Gasteiger partial charge in [0.1, 0.15) is 16.8 Å². The molecule has 0 N–H and O–H groups in total. The molecule has 3 heterocycles. The van der Waals surface area contributed by atoms with Crippen LogP contribution in [0.3, 0.4) is 0 Å². The second kappa shape index (κ2) is 8.19. The molecule has 0 fully saturated rings. The Morgan fingerprint density at radius 2 is 1.26 bits per heavy atom. The minimum atomic E-state index is 0.910. The van der Waals surface area contributed by atoms with Gasteiger partial charge in [-0.1, -0.05) is 103 Å². The molecule has 0 saturated carbocycles. The van der Waals surface area contributed by atoms with Gasteiger partial charge in [0.15, 0.2) is 0 Å². The van der Waals surface area contributed by atoms with E-state index in [0.717, 1.165) is 61.2 Å². The van der Waals surface area contributed by atoms with Crippen molar-refractivity contribution in [2.45, 2.75) is 0 Å². The Labute approximate surface area is 219 Å². The van der Waals surface area contributed by atoms with Gasteiger partial charge in [-0.05, 0) is 40.6 Å². The van der Waals surface area contributed by atoms with Crippen molar-refractivity contribution < 1.29 is 4.42 Å². The summed E-state index contributed by atoms with van der Waals surface area (Å²) >= 11 is 0. The van der Waals surface area contributed by atoms with E-state index in [1.165, 1.54) is 10.8 Å². The van der Waals surface area contributed by atoms with Gasteiger partial charge in [0, 0.05) is 33.7 Å². The second-order valence-electron chi connectivity index (χ2n) is 9.63. The van der Waals surface area contributed by atoms with Gasteiger partial charge in [-0.25, -0.2) is 4.98 Å². The van der Waals surface area contributed by atoms with E-state index in [1.807, 2.05) is 30.3 Å². The van der Waals surface area contributed by atoms with Crippen molar-refractivity contribution in [3.05, 3.63) is 134 Å². The monoisotopic (exact) mass is 486 g/mol. The van der Waals surface area contributed by atoms with Crippen LogP contribution >= 0.6 is 0 Å². The molecule has 0 bridgehead atoms. The Bertz CT molecular complexity index is 2120. The van der Waals surface area contributed by atoms with E-state index in [2.05, 4.69) is 108 Å². The van der Waals surface area contributed by atoms with Crippen molar-refractivity contribution in [1.29, 1.82) is 0 Å². The summed E-state index contributed by atoms with van der Waals surface area (Å²) in [4.78, 5) is 5.03. The summed E-state index contributed by atoms with van der Waals surface area (Å²) in [7, 11) is 0. The number of fused-ring (bicyclic) bond motifs is 5. The van der Waals surface area contributed by atoms with E-state index in [4.69, 9.17) is 9.40 Å². The van der Waals surface area contributed by atoms with Crippen LogP contribution in [0.15, 0.2) is 138 Å². The number of para-hydroxylation sites is 1. The third kappa shape index (κ3) is 3.12. The average Bonchev–Trinajstić information content (AvgIpc) is 3.55. The van der Waals surface area contributed by atoms with Crippen molar-refractivity contribution in [2.24, 2.45) is 0 Å². The molecule has 0 saturated heterocycles. The molecule has 0 atom stereocenters. The van der Waals surface area contributed by atoms with E-state index in [1.54, 1.807) is 0 Å². The minimum absolute atomic E-state index is 0.910. The summed E-state index contributed by atoms with van der Waals surface area (Å²) in [5.74, 6) is 0. The third-order valence-electron chi connectivity index (χ3n) is 7.42. The van der Waals surface area contributed by atoms with E-state index in [9.17, 15) is 0 Å². The maximum Gasteiger partial charge on any atom is 0.143 e. The number of nitrogens with zero attached hydrogens (tertiary/aromatic N) is 2. The zero-order valence-electron chi connectivity index (χ0n) is 20.5. The smallest absolute Gasteiger partial charge is 0.143 e. The third-order valence-corrected chi connectivity index (χ3v) is 7.42. The molecular formula is C35H22N2O. The Hall–Kier alpha value is -5.15. The largest absolute Gasteiger partial charge is 0.455 e. The van der Waals surface area contributed by atoms with Crippen LogP contribution in [0.1, 0.15) is 0 Å². The Morgan fingerprint density at radius 1 is 0.553 bits per heavy atom. The van der Waals surface area contributed by atoms with Crippen LogP contribution in [-0.4, -0.2) is 9.38 Å². The molecule has 38 heavy (non-hydrogen) atoms. The summed E-state index contributed by atoms with van der Waals surface area (Å²) < 4.78 is 8.63. The SMILES string of the molecule is c1ccc(-c2c(-c3ccc(-c4c5ccccc5cc5c4oc4ccccc45)cc3)nc3ccccn23)cc1. The summed E-state index contributed by atoms with van der Waals surface area (Å²) in [6, 6.07) is 44.4. The molecule has 0 radical (unpaired) electrons. The highest BCUT2D eigenvalue weighted by Gasteiger charge is 2.18. The van der Waals surface area contributed by atoms with Crippen molar-refractivity contribution in [1.82, 2.24) is 9.38 Å². The molecule has 178 valence electrons. The number of imidazole rings is 1. The normalized spacial score (nSPS) is 11.7. The Balaban J connectivity index is 1.35. The molecule has 0 aliphatic rings. The minimum Gasteiger partial charge on any atom is -0.455 e.